The van der Waals surface area contributed by atoms with Gasteiger partial charge >= 0.3 is 0 Å². The van der Waals surface area contributed by atoms with E-state index in [1.165, 1.54) is 0 Å². The summed E-state index contributed by atoms with van der Waals surface area (Å²) in [5.74, 6) is 0. The molecule has 2 nitrogen and oxygen atoms in total. The summed E-state index contributed by atoms with van der Waals surface area (Å²) < 4.78 is 12.9. The molecule has 1 rings (SSSR count). The van der Waals surface area contributed by atoms with Gasteiger partial charge in [-0.3, -0.25) is 0 Å². The van der Waals surface area contributed by atoms with Crippen LogP contribution in [0.1, 0.15) is 0 Å². The van der Waals surface area contributed by atoms with Gasteiger partial charge in [-0.1, -0.05) is 0 Å². The Hall–Kier alpha value is -0.150. The van der Waals surface area contributed by atoms with Gasteiger partial charge in [0.15, 0.2) is 0 Å². The first kappa shape index (κ1) is 7.95. The molecule has 1 aliphatic heterocycles. The highest BCUT2D eigenvalue weighted by molar-refractivity contribution is 4.71. The van der Waals surface area contributed by atoms with Crippen molar-refractivity contribution in [3.8, 4) is 0 Å². The molecule has 60 valence electrons. The molecule has 0 unspecified atom stereocenters. The number of rotatable bonds is 0. The summed E-state index contributed by atoms with van der Waals surface area (Å²) >= 11 is 0. The van der Waals surface area contributed by atoms with Crippen LogP contribution in [0.15, 0.2) is 0 Å². The Morgan fingerprint density at radius 2 is 1.50 bits per heavy atom. The number of hydrogen-bond donors (Lipinski definition) is 0. The molecule has 0 N–H and O–H groups in total. The normalized spacial score (nSPS) is 26.7. The van der Waals surface area contributed by atoms with Crippen molar-refractivity contribution in [1.29, 1.82) is 0 Å². The molecule has 0 aromatic heterocycles. The molecule has 0 amide bonds. The first-order valence-electron chi connectivity index (χ1n) is 3.69. The van der Waals surface area contributed by atoms with Crippen molar-refractivity contribution in [1.82, 2.24) is 9.80 Å². The van der Waals surface area contributed by atoms with Gasteiger partial charge in [-0.15, -0.1) is 0 Å². The van der Waals surface area contributed by atoms with Gasteiger partial charge in [0.05, 0.1) is 0 Å². The Labute approximate surface area is 61.6 Å². The van der Waals surface area contributed by atoms with Crippen molar-refractivity contribution < 1.29 is 4.39 Å². The van der Waals surface area contributed by atoms with Crippen LogP contribution in [0.2, 0.25) is 0 Å². The van der Waals surface area contributed by atoms with Gasteiger partial charge in [0.2, 0.25) is 0 Å². The van der Waals surface area contributed by atoms with Crippen molar-refractivity contribution in [2.45, 2.75) is 6.17 Å². The van der Waals surface area contributed by atoms with E-state index in [1.54, 1.807) is 0 Å². The van der Waals surface area contributed by atoms with Crippen LogP contribution in [-0.2, 0) is 0 Å². The summed E-state index contributed by atoms with van der Waals surface area (Å²) in [7, 11) is 3.93. The predicted octanol–water partition coefficient (Wildman–Crippen LogP) is 0.202. The maximum atomic E-state index is 12.9. The lowest BCUT2D eigenvalue weighted by atomic mass is 10.3. The van der Waals surface area contributed by atoms with Crippen LogP contribution in [0.5, 0.6) is 0 Å². The SMILES string of the molecule is CN1CCN(C)CC(F)C1. The van der Waals surface area contributed by atoms with E-state index in [4.69, 9.17) is 0 Å². The zero-order chi connectivity index (χ0) is 7.56. The fraction of sp³-hybridized carbons (Fsp3) is 1.00. The molecular formula is C7H15FN2. The highest BCUT2D eigenvalue weighted by atomic mass is 19.1. The van der Waals surface area contributed by atoms with Crippen LogP contribution in [0.25, 0.3) is 0 Å². The minimum atomic E-state index is -0.669. The highest BCUT2D eigenvalue weighted by Crippen LogP contribution is 2.02. The molecule has 1 saturated heterocycles. The third kappa shape index (κ3) is 2.23. The smallest absolute Gasteiger partial charge is 0.125 e. The Bertz CT molecular complexity index is 95.8. The lowest BCUT2D eigenvalue weighted by Gasteiger charge is -2.12. The zero-order valence-electron chi connectivity index (χ0n) is 6.68. The molecule has 10 heavy (non-hydrogen) atoms. The lowest BCUT2D eigenvalue weighted by molar-refractivity contribution is 0.227. The second-order valence-corrected chi connectivity index (χ2v) is 3.12. The molecule has 0 bridgehead atoms. The average Bonchev–Trinajstić information content (AvgIpc) is 1.93. The third-order valence-corrected chi connectivity index (χ3v) is 1.88. The molecular weight excluding hydrogens is 131 g/mol. The third-order valence-electron chi connectivity index (χ3n) is 1.88. The number of hydrogen-bond acceptors (Lipinski definition) is 2. The van der Waals surface area contributed by atoms with E-state index in [1.807, 2.05) is 23.9 Å². The molecule has 0 aromatic rings. The molecule has 0 saturated carbocycles. The van der Waals surface area contributed by atoms with Crippen molar-refractivity contribution >= 4 is 0 Å². The van der Waals surface area contributed by atoms with Gasteiger partial charge in [-0.25, -0.2) is 4.39 Å². The summed E-state index contributed by atoms with van der Waals surface area (Å²) in [6.45, 7) is 3.14. The number of alkyl halides is 1. The molecule has 1 fully saturated rings. The van der Waals surface area contributed by atoms with Crippen LogP contribution in [-0.4, -0.2) is 56.2 Å². The summed E-state index contributed by atoms with van der Waals surface area (Å²) in [5.41, 5.74) is 0. The van der Waals surface area contributed by atoms with E-state index in [9.17, 15) is 4.39 Å². The molecule has 0 spiro atoms. The first-order chi connectivity index (χ1) is 4.68. The topological polar surface area (TPSA) is 6.48 Å². The summed E-state index contributed by atoms with van der Waals surface area (Å²) in [4.78, 5) is 4.07. The van der Waals surface area contributed by atoms with Gasteiger partial charge in [-0.2, -0.15) is 0 Å². The number of halogens is 1. The molecule has 0 aliphatic carbocycles. The van der Waals surface area contributed by atoms with Crippen LogP contribution in [0, 0.1) is 0 Å². The highest BCUT2D eigenvalue weighted by Gasteiger charge is 2.16. The van der Waals surface area contributed by atoms with E-state index in [0.29, 0.717) is 13.1 Å². The predicted molar refractivity (Wildman–Crippen MR) is 39.9 cm³/mol. The van der Waals surface area contributed by atoms with Gasteiger partial charge in [-0.05, 0) is 14.1 Å². The summed E-state index contributed by atoms with van der Waals surface area (Å²) in [5, 5.41) is 0. The van der Waals surface area contributed by atoms with E-state index >= 15 is 0 Å². The van der Waals surface area contributed by atoms with Gasteiger partial charge in [0, 0.05) is 26.2 Å². The maximum Gasteiger partial charge on any atom is 0.125 e. The second kappa shape index (κ2) is 3.30. The minimum absolute atomic E-state index is 0.588. The van der Waals surface area contributed by atoms with Crippen molar-refractivity contribution in [3.63, 3.8) is 0 Å². The van der Waals surface area contributed by atoms with E-state index in [0.717, 1.165) is 13.1 Å². The van der Waals surface area contributed by atoms with E-state index in [2.05, 4.69) is 0 Å². The molecule has 1 aliphatic rings. The molecule has 0 aromatic carbocycles. The molecule has 3 heteroatoms. The van der Waals surface area contributed by atoms with Crippen LogP contribution in [0.3, 0.4) is 0 Å². The zero-order valence-corrected chi connectivity index (χ0v) is 6.68. The maximum absolute atomic E-state index is 12.9. The first-order valence-corrected chi connectivity index (χ1v) is 3.69. The van der Waals surface area contributed by atoms with Crippen molar-refractivity contribution in [2.75, 3.05) is 40.3 Å². The van der Waals surface area contributed by atoms with Gasteiger partial charge in [0.1, 0.15) is 6.17 Å². The number of likely N-dealkylation sites (N-methyl/N-ethyl adjacent to an activating group) is 2. The lowest BCUT2D eigenvalue weighted by Crippen LogP contribution is -2.27. The van der Waals surface area contributed by atoms with Crippen LogP contribution < -0.4 is 0 Å². The Balaban J connectivity index is 2.38. The standard InChI is InChI=1S/C7H15FN2/c1-9-3-4-10(2)6-7(8)5-9/h7H,3-6H2,1-2H3. The number of nitrogens with zero attached hydrogens (tertiary/aromatic N) is 2. The minimum Gasteiger partial charge on any atom is -0.302 e. The van der Waals surface area contributed by atoms with Gasteiger partial charge in [0.25, 0.3) is 0 Å². The van der Waals surface area contributed by atoms with Gasteiger partial charge < -0.3 is 9.80 Å². The molecule has 0 radical (unpaired) electrons. The molecule has 0 atom stereocenters. The van der Waals surface area contributed by atoms with Crippen LogP contribution in [0.4, 0.5) is 4.39 Å². The summed E-state index contributed by atoms with van der Waals surface area (Å²) in [6, 6.07) is 0. The Kier molecular flexibility index (Phi) is 2.63. The molecule has 1 heterocycles. The van der Waals surface area contributed by atoms with Crippen molar-refractivity contribution in [3.05, 3.63) is 0 Å². The van der Waals surface area contributed by atoms with E-state index < -0.39 is 6.17 Å². The quantitative estimate of drug-likeness (QED) is 0.482. The van der Waals surface area contributed by atoms with Crippen molar-refractivity contribution in [2.24, 2.45) is 0 Å². The fourth-order valence-electron chi connectivity index (χ4n) is 1.26. The fourth-order valence-corrected chi connectivity index (χ4v) is 1.26. The Morgan fingerprint density at radius 3 is 1.90 bits per heavy atom. The Morgan fingerprint density at radius 1 is 1.10 bits per heavy atom. The monoisotopic (exact) mass is 146 g/mol. The average molecular weight is 146 g/mol. The largest absolute Gasteiger partial charge is 0.302 e. The summed E-state index contributed by atoms with van der Waals surface area (Å²) in [6.07, 6.45) is -0.669. The van der Waals surface area contributed by atoms with Crippen LogP contribution >= 0.6 is 0 Å². The second-order valence-electron chi connectivity index (χ2n) is 3.12. The van der Waals surface area contributed by atoms with E-state index in [-0.39, 0.29) is 0 Å².